The van der Waals surface area contributed by atoms with Gasteiger partial charge in [-0.15, -0.1) is 10.2 Å². The second kappa shape index (κ2) is 5.29. The molecule has 17 heavy (non-hydrogen) atoms. The molecular weight excluding hydrogens is 254 g/mol. The molecule has 1 aromatic carbocycles. The second-order valence-corrected chi connectivity index (χ2v) is 5.43. The highest BCUT2D eigenvalue weighted by Crippen LogP contribution is 2.23. The molecule has 1 N–H and O–H groups in total. The lowest BCUT2D eigenvalue weighted by Crippen LogP contribution is -2.11. The van der Waals surface area contributed by atoms with Crippen LogP contribution in [0.2, 0.25) is 0 Å². The van der Waals surface area contributed by atoms with Gasteiger partial charge >= 0.3 is 0 Å². The van der Waals surface area contributed by atoms with Crippen LogP contribution >= 0.6 is 23.1 Å². The molecule has 0 atom stereocenters. The van der Waals surface area contributed by atoms with Crippen molar-refractivity contribution in [2.75, 3.05) is 11.6 Å². The Hall–Kier alpha value is -1.40. The number of anilines is 1. The number of thioether (sulfide) groups is 1. The molecule has 0 aliphatic rings. The van der Waals surface area contributed by atoms with E-state index in [9.17, 15) is 4.79 Å². The predicted octanol–water partition coefficient (Wildman–Crippen LogP) is 2.82. The molecule has 1 amide bonds. The molecule has 2 aromatic rings. The van der Waals surface area contributed by atoms with E-state index in [4.69, 9.17) is 0 Å². The first kappa shape index (κ1) is 12.1. The van der Waals surface area contributed by atoms with Crippen molar-refractivity contribution in [1.82, 2.24) is 10.2 Å². The highest BCUT2D eigenvalue weighted by Gasteiger charge is 2.09. The van der Waals surface area contributed by atoms with Gasteiger partial charge in [-0.3, -0.25) is 10.1 Å². The monoisotopic (exact) mass is 265 g/mol. The summed E-state index contributed by atoms with van der Waals surface area (Å²) in [6, 6.07) is 7.40. The number of carbonyl (C=O) groups excluding carboxylic acids is 1. The van der Waals surface area contributed by atoms with Gasteiger partial charge in [0.05, 0.1) is 0 Å². The lowest BCUT2D eigenvalue weighted by atomic mass is 10.1. The van der Waals surface area contributed by atoms with E-state index in [0.29, 0.717) is 10.7 Å². The highest BCUT2D eigenvalue weighted by molar-refractivity contribution is 8.00. The molecule has 0 bridgehead atoms. The van der Waals surface area contributed by atoms with Crippen LogP contribution in [0.5, 0.6) is 0 Å². The number of aromatic nitrogens is 2. The Kier molecular flexibility index (Phi) is 3.75. The first-order valence-electron chi connectivity index (χ1n) is 4.94. The number of hydrogen-bond donors (Lipinski definition) is 1. The van der Waals surface area contributed by atoms with E-state index in [1.807, 2.05) is 25.3 Å². The summed E-state index contributed by atoms with van der Waals surface area (Å²) in [4.78, 5) is 11.8. The molecule has 0 spiro atoms. The second-order valence-electron chi connectivity index (χ2n) is 3.40. The summed E-state index contributed by atoms with van der Waals surface area (Å²) in [5.41, 5.74) is 1.75. The first-order chi connectivity index (χ1) is 8.19. The summed E-state index contributed by atoms with van der Waals surface area (Å²) < 4.78 is 0.837. The maximum Gasteiger partial charge on any atom is 0.257 e. The van der Waals surface area contributed by atoms with Gasteiger partial charge in [0.25, 0.3) is 5.91 Å². The molecule has 6 heteroatoms. The third-order valence-corrected chi connectivity index (χ3v) is 3.93. The van der Waals surface area contributed by atoms with Crippen molar-refractivity contribution in [3.8, 4) is 0 Å². The predicted molar refractivity (Wildman–Crippen MR) is 70.8 cm³/mol. The third kappa shape index (κ3) is 3.04. The molecule has 0 radical (unpaired) electrons. The number of rotatable bonds is 3. The van der Waals surface area contributed by atoms with Crippen molar-refractivity contribution in [3.05, 3.63) is 35.4 Å². The van der Waals surface area contributed by atoms with Crippen molar-refractivity contribution in [2.45, 2.75) is 11.3 Å². The van der Waals surface area contributed by atoms with Crippen LogP contribution in [0.25, 0.3) is 0 Å². The van der Waals surface area contributed by atoms with Gasteiger partial charge in [-0.2, -0.15) is 0 Å². The van der Waals surface area contributed by atoms with Gasteiger partial charge in [0.1, 0.15) is 0 Å². The number of benzene rings is 1. The van der Waals surface area contributed by atoms with Gasteiger partial charge < -0.3 is 0 Å². The van der Waals surface area contributed by atoms with Crippen LogP contribution in [0.15, 0.2) is 28.6 Å². The number of aryl methyl sites for hydroxylation is 1. The van der Waals surface area contributed by atoms with Crippen LogP contribution in [-0.2, 0) is 0 Å². The number of amides is 1. The summed E-state index contributed by atoms with van der Waals surface area (Å²) in [5.74, 6) is -0.159. The fourth-order valence-corrected chi connectivity index (χ4v) is 2.38. The minimum Gasteiger partial charge on any atom is -0.296 e. The summed E-state index contributed by atoms with van der Waals surface area (Å²) in [6.45, 7) is 1.98. The lowest BCUT2D eigenvalue weighted by molar-refractivity contribution is 0.102. The van der Waals surface area contributed by atoms with E-state index in [1.165, 1.54) is 23.1 Å². The maximum absolute atomic E-state index is 11.8. The van der Waals surface area contributed by atoms with Crippen molar-refractivity contribution in [3.63, 3.8) is 0 Å². The molecular formula is C11H11N3OS2. The summed E-state index contributed by atoms with van der Waals surface area (Å²) in [7, 11) is 0. The smallest absolute Gasteiger partial charge is 0.257 e. The highest BCUT2D eigenvalue weighted by atomic mass is 32.2. The molecule has 0 aliphatic heterocycles. The molecule has 0 saturated heterocycles. The summed E-state index contributed by atoms with van der Waals surface area (Å²) in [5, 5.41) is 11.1. The van der Waals surface area contributed by atoms with E-state index < -0.39 is 0 Å². The molecule has 2 rings (SSSR count). The largest absolute Gasteiger partial charge is 0.296 e. The Labute approximate surface area is 107 Å². The van der Waals surface area contributed by atoms with Crippen LogP contribution in [0.1, 0.15) is 15.9 Å². The fraction of sp³-hybridized carbons (Fsp3) is 0.182. The molecule has 0 unspecified atom stereocenters. The average molecular weight is 265 g/mol. The topological polar surface area (TPSA) is 54.9 Å². The quantitative estimate of drug-likeness (QED) is 0.685. The summed E-state index contributed by atoms with van der Waals surface area (Å²) in [6.07, 6.45) is 1.92. The van der Waals surface area contributed by atoms with E-state index >= 15 is 0 Å². The van der Waals surface area contributed by atoms with Crippen molar-refractivity contribution < 1.29 is 4.79 Å². The van der Waals surface area contributed by atoms with Gasteiger partial charge in [-0.1, -0.05) is 40.8 Å². The van der Waals surface area contributed by atoms with Gasteiger partial charge in [-0.25, -0.2) is 0 Å². The zero-order chi connectivity index (χ0) is 12.3. The molecule has 1 heterocycles. The fourth-order valence-electron chi connectivity index (χ4n) is 1.22. The summed E-state index contributed by atoms with van der Waals surface area (Å²) >= 11 is 2.88. The first-order valence-corrected chi connectivity index (χ1v) is 6.98. The van der Waals surface area contributed by atoms with Gasteiger partial charge in [0.15, 0.2) is 4.34 Å². The Bertz CT molecular complexity index is 522. The Morgan fingerprint density at radius 1 is 1.29 bits per heavy atom. The molecule has 0 saturated carbocycles. The molecule has 88 valence electrons. The van der Waals surface area contributed by atoms with E-state index in [-0.39, 0.29) is 5.91 Å². The van der Waals surface area contributed by atoms with Crippen molar-refractivity contribution in [1.29, 1.82) is 0 Å². The molecule has 0 fully saturated rings. The van der Waals surface area contributed by atoms with Gasteiger partial charge in [0.2, 0.25) is 5.13 Å². The zero-order valence-corrected chi connectivity index (χ0v) is 11.1. The van der Waals surface area contributed by atoms with Crippen LogP contribution in [-0.4, -0.2) is 22.4 Å². The van der Waals surface area contributed by atoms with E-state index in [2.05, 4.69) is 15.5 Å². The number of nitrogens with zero attached hydrogens (tertiary/aromatic N) is 2. The van der Waals surface area contributed by atoms with Crippen LogP contribution in [0, 0.1) is 6.92 Å². The standard InChI is InChI=1S/C11H11N3OS2/c1-7-3-5-8(6-4-7)9(15)12-10-13-14-11(16-2)17-10/h3-6H,1-2H3,(H,12,13,15). The van der Waals surface area contributed by atoms with Gasteiger partial charge in [0, 0.05) is 5.56 Å². The average Bonchev–Trinajstić information content (AvgIpc) is 2.77. The van der Waals surface area contributed by atoms with Crippen LogP contribution in [0.4, 0.5) is 5.13 Å². The minimum atomic E-state index is -0.159. The van der Waals surface area contributed by atoms with Crippen LogP contribution in [0.3, 0.4) is 0 Å². The third-order valence-electron chi connectivity index (χ3n) is 2.12. The number of carbonyl (C=O) groups is 1. The molecule has 0 aliphatic carbocycles. The lowest BCUT2D eigenvalue weighted by Gasteiger charge is -2.01. The number of nitrogens with one attached hydrogen (secondary N) is 1. The van der Waals surface area contributed by atoms with Crippen molar-refractivity contribution in [2.24, 2.45) is 0 Å². The van der Waals surface area contributed by atoms with E-state index in [0.717, 1.165) is 9.90 Å². The maximum atomic E-state index is 11.8. The molecule has 4 nitrogen and oxygen atoms in total. The SMILES string of the molecule is CSc1nnc(NC(=O)c2ccc(C)cc2)s1. The Balaban J connectivity index is 2.08. The number of hydrogen-bond acceptors (Lipinski definition) is 5. The van der Waals surface area contributed by atoms with Gasteiger partial charge in [-0.05, 0) is 25.3 Å². The van der Waals surface area contributed by atoms with E-state index in [1.54, 1.807) is 12.1 Å². The zero-order valence-electron chi connectivity index (χ0n) is 9.43. The Morgan fingerprint density at radius 3 is 2.59 bits per heavy atom. The normalized spacial score (nSPS) is 10.2. The van der Waals surface area contributed by atoms with Crippen LogP contribution < -0.4 is 5.32 Å². The van der Waals surface area contributed by atoms with Crippen molar-refractivity contribution >= 4 is 34.1 Å². The molecule has 1 aromatic heterocycles. The Morgan fingerprint density at radius 2 is 2.00 bits per heavy atom. The minimum absolute atomic E-state index is 0.159.